The van der Waals surface area contributed by atoms with Crippen molar-refractivity contribution in [3.05, 3.63) is 11.6 Å². The zero-order valence-electron chi connectivity index (χ0n) is 9.72. The normalized spacial score (nSPS) is 11.5. The largest absolute Gasteiger partial charge is 0.344 e. The number of nitrogens with one attached hydrogen (secondary N) is 2. The highest BCUT2D eigenvalue weighted by atomic mass is 16.2. The molecule has 0 aliphatic rings. The van der Waals surface area contributed by atoms with Crippen LogP contribution in [0.4, 0.5) is 0 Å². The van der Waals surface area contributed by atoms with Gasteiger partial charge in [0.05, 0.1) is 0 Å². The average Bonchev–Trinajstić information content (AvgIpc) is 2.65. The van der Waals surface area contributed by atoms with E-state index in [2.05, 4.69) is 20.5 Å². The van der Waals surface area contributed by atoms with Gasteiger partial charge in [-0.15, -0.1) is 5.10 Å². The third-order valence-electron chi connectivity index (χ3n) is 2.41. The topological polar surface area (TPSA) is 70.7 Å². The molecule has 2 N–H and O–H groups in total. The highest BCUT2D eigenvalue weighted by Crippen LogP contribution is 2.07. The molecule has 5 heteroatoms. The van der Waals surface area contributed by atoms with Crippen LogP contribution in [0, 0.1) is 0 Å². The Labute approximate surface area is 89.7 Å². The summed E-state index contributed by atoms with van der Waals surface area (Å²) in [5.74, 6) is 0.723. The van der Waals surface area contributed by atoms with Gasteiger partial charge in [-0.3, -0.25) is 9.89 Å². The zero-order chi connectivity index (χ0) is 11.5. The van der Waals surface area contributed by atoms with Crippen LogP contribution in [0.3, 0.4) is 0 Å². The first-order valence-electron chi connectivity index (χ1n) is 5.22. The minimum Gasteiger partial charge on any atom is -0.344 e. The molecule has 0 saturated heterocycles. The first-order valence-corrected chi connectivity index (χ1v) is 5.22. The van der Waals surface area contributed by atoms with Crippen LogP contribution in [-0.2, 0) is 6.42 Å². The number of nitrogens with zero attached hydrogens (tertiary/aromatic N) is 2. The summed E-state index contributed by atoms with van der Waals surface area (Å²) >= 11 is 0. The van der Waals surface area contributed by atoms with E-state index in [0.717, 1.165) is 18.7 Å². The Morgan fingerprint density at radius 2 is 2.13 bits per heavy atom. The first kappa shape index (κ1) is 11.7. The second-order valence-corrected chi connectivity index (χ2v) is 4.15. The van der Waals surface area contributed by atoms with Crippen molar-refractivity contribution in [2.45, 2.75) is 46.1 Å². The van der Waals surface area contributed by atoms with Crippen LogP contribution < -0.4 is 5.32 Å². The second kappa shape index (κ2) is 4.42. The molecule has 1 aromatic heterocycles. The van der Waals surface area contributed by atoms with E-state index >= 15 is 0 Å². The summed E-state index contributed by atoms with van der Waals surface area (Å²) in [5, 5.41) is 9.45. The molecule has 0 aromatic carbocycles. The van der Waals surface area contributed by atoms with Crippen LogP contribution in [-0.4, -0.2) is 26.6 Å². The molecule has 1 rings (SSSR count). The summed E-state index contributed by atoms with van der Waals surface area (Å²) in [7, 11) is 0. The summed E-state index contributed by atoms with van der Waals surface area (Å²) in [6.45, 7) is 7.92. The Morgan fingerprint density at radius 1 is 1.47 bits per heavy atom. The van der Waals surface area contributed by atoms with Gasteiger partial charge in [0.1, 0.15) is 5.82 Å². The van der Waals surface area contributed by atoms with Gasteiger partial charge in [0.15, 0.2) is 0 Å². The highest BCUT2D eigenvalue weighted by molar-refractivity contribution is 5.90. The molecule has 0 radical (unpaired) electrons. The summed E-state index contributed by atoms with van der Waals surface area (Å²) in [5.41, 5.74) is -0.218. The fraction of sp³-hybridized carbons (Fsp3) is 0.700. The molecule has 0 aliphatic heterocycles. The van der Waals surface area contributed by atoms with E-state index in [1.54, 1.807) is 0 Å². The average molecular weight is 210 g/mol. The lowest BCUT2D eigenvalue weighted by Crippen LogP contribution is -2.43. The molecular weight excluding hydrogens is 192 g/mol. The molecule has 0 atom stereocenters. The molecule has 0 saturated carbocycles. The van der Waals surface area contributed by atoms with Crippen molar-refractivity contribution in [2.75, 3.05) is 0 Å². The molecule has 1 aromatic rings. The number of H-pyrrole nitrogens is 1. The third kappa shape index (κ3) is 3.04. The van der Waals surface area contributed by atoms with E-state index in [4.69, 9.17) is 0 Å². The van der Waals surface area contributed by atoms with Crippen molar-refractivity contribution in [3.63, 3.8) is 0 Å². The molecule has 1 heterocycles. The Hall–Kier alpha value is -1.39. The van der Waals surface area contributed by atoms with Gasteiger partial charge in [0, 0.05) is 12.0 Å². The van der Waals surface area contributed by atoms with Gasteiger partial charge in [-0.05, 0) is 20.3 Å². The lowest BCUT2D eigenvalue weighted by Gasteiger charge is -2.23. The fourth-order valence-corrected chi connectivity index (χ4v) is 1.01. The predicted molar refractivity (Wildman–Crippen MR) is 57.6 cm³/mol. The van der Waals surface area contributed by atoms with Crippen molar-refractivity contribution < 1.29 is 4.79 Å². The monoisotopic (exact) mass is 210 g/mol. The maximum absolute atomic E-state index is 11.7. The Balaban J connectivity index is 2.69. The first-order chi connectivity index (χ1) is 6.98. The van der Waals surface area contributed by atoms with Crippen LogP contribution >= 0.6 is 0 Å². The van der Waals surface area contributed by atoms with Gasteiger partial charge >= 0.3 is 0 Å². The van der Waals surface area contributed by atoms with E-state index in [9.17, 15) is 4.79 Å². The Morgan fingerprint density at radius 3 is 2.60 bits per heavy atom. The van der Waals surface area contributed by atoms with Crippen LogP contribution in [0.5, 0.6) is 0 Å². The number of amides is 1. The molecular formula is C10H18N4O. The molecule has 1 amide bonds. The molecule has 5 nitrogen and oxygen atoms in total. The summed E-state index contributed by atoms with van der Waals surface area (Å²) in [6.07, 6.45) is 1.61. The number of hydrogen-bond donors (Lipinski definition) is 2. The maximum atomic E-state index is 11.7. The predicted octanol–water partition coefficient (Wildman–Crippen LogP) is 1.29. The Kier molecular flexibility index (Phi) is 3.44. The van der Waals surface area contributed by atoms with Gasteiger partial charge in [0.2, 0.25) is 5.82 Å². The van der Waals surface area contributed by atoms with Crippen LogP contribution in [0.2, 0.25) is 0 Å². The molecule has 0 aliphatic carbocycles. The van der Waals surface area contributed by atoms with Crippen LogP contribution in [0.1, 0.15) is 50.6 Å². The zero-order valence-corrected chi connectivity index (χ0v) is 9.72. The van der Waals surface area contributed by atoms with Crippen molar-refractivity contribution in [3.8, 4) is 0 Å². The van der Waals surface area contributed by atoms with Gasteiger partial charge < -0.3 is 5.32 Å². The van der Waals surface area contributed by atoms with E-state index in [-0.39, 0.29) is 17.3 Å². The number of carbonyl (C=O) groups excluding carboxylic acids is 1. The molecule has 0 bridgehead atoms. The molecule has 0 fully saturated rings. The number of hydrogen-bond acceptors (Lipinski definition) is 3. The summed E-state index contributed by atoms with van der Waals surface area (Å²) < 4.78 is 0. The fourth-order valence-electron chi connectivity index (χ4n) is 1.01. The molecule has 0 spiro atoms. The molecule has 0 unspecified atom stereocenters. The van der Waals surface area contributed by atoms with Gasteiger partial charge in [-0.25, -0.2) is 4.98 Å². The number of rotatable bonds is 4. The van der Waals surface area contributed by atoms with E-state index in [0.29, 0.717) is 0 Å². The lowest BCUT2D eigenvalue weighted by molar-refractivity contribution is 0.0901. The third-order valence-corrected chi connectivity index (χ3v) is 2.41. The van der Waals surface area contributed by atoms with Crippen LogP contribution in [0.15, 0.2) is 0 Å². The van der Waals surface area contributed by atoms with E-state index in [1.807, 2.05) is 27.7 Å². The quantitative estimate of drug-likeness (QED) is 0.786. The number of carbonyl (C=O) groups is 1. The van der Waals surface area contributed by atoms with Gasteiger partial charge in [0.25, 0.3) is 5.91 Å². The molecule has 15 heavy (non-hydrogen) atoms. The summed E-state index contributed by atoms with van der Waals surface area (Å²) in [6, 6.07) is 0. The molecule has 84 valence electrons. The van der Waals surface area contributed by atoms with E-state index in [1.165, 1.54) is 0 Å². The minimum absolute atomic E-state index is 0.216. The number of aryl methyl sites for hydroxylation is 1. The lowest BCUT2D eigenvalue weighted by atomic mass is 10.0. The smallest absolute Gasteiger partial charge is 0.291 e. The standard InChI is InChI=1S/C10H18N4O/c1-5-7-11-8(14-13-7)9(15)12-10(3,4)6-2/h5-6H2,1-4H3,(H,12,15)(H,11,13,14). The van der Waals surface area contributed by atoms with E-state index < -0.39 is 0 Å². The maximum Gasteiger partial charge on any atom is 0.291 e. The summed E-state index contributed by atoms with van der Waals surface area (Å²) in [4.78, 5) is 15.8. The van der Waals surface area contributed by atoms with Crippen molar-refractivity contribution in [2.24, 2.45) is 0 Å². The van der Waals surface area contributed by atoms with Crippen molar-refractivity contribution >= 4 is 5.91 Å². The van der Waals surface area contributed by atoms with Gasteiger partial charge in [-0.2, -0.15) is 0 Å². The number of aromatic nitrogens is 3. The minimum atomic E-state index is -0.224. The Bertz CT molecular complexity index is 343. The number of aromatic amines is 1. The SMILES string of the molecule is CCc1nc(C(=O)NC(C)(C)CC)n[nH]1. The van der Waals surface area contributed by atoms with Crippen molar-refractivity contribution in [1.82, 2.24) is 20.5 Å². The van der Waals surface area contributed by atoms with Crippen LogP contribution in [0.25, 0.3) is 0 Å². The highest BCUT2D eigenvalue weighted by Gasteiger charge is 2.21. The second-order valence-electron chi connectivity index (χ2n) is 4.15. The van der Waals surface area contributed by atoms with Crippen molar-refractivity contribution in [1.29, 1.82) is 0 Å². The van der Waals surface area contributed by atoms with Gasteiger partial charge in [-0.1, -0.05) is 13.8 Å².